The van der Waals surface area contributed by atoms with Gasteiger partial charge in [0.2, 0.25) is 0 Å². The number of pyridine rings is 1. The number of rotatable bonds is 4. The second kappa shape index (κ2) is 5.46. The van der Waals surface area contributed by atoms with Crippen LogP contribution in [-0.4, -0.2) is 20.5 Å². The van der Waals surface area contributed by atoms with Gasteiger partial charge >= 0.3 is 5.97 Å². The highest BCUT2D eigenvalue weighted by molar-refractivity contribution is 6.32. The number of nitrogens with zero attached hydrogens (tertiary/aromatic N) is 2. The van der Waals surface area contributed by atoms with Crippen LogP contribution in [0.4, 0.5) is 0 Å². The lowest BCUT2D eigenvalue weighted by Gasteiger charge is -2.06. The second-order valence-corrected chi connectivity index (χ2v) is 4.76. The Kier molecular flexibility index (Phi) is 3.50. The first-order valence-electron chi connectivity index (χ1n) is 6.23. The number of benzene rings is 1. The fourth-order valence-electron chi connectivity index (χ4n) is 2.06. The highest BCUT2D eigenvalue weighted by atomic mass is 35.5. The Morgan fingerprint density at radius 1 is 1.24 bits per heavy atom. The summed E-state index contributed by atoms with van der Waals surface area (Å²) in [6.45, 7) is 0.127. The lowest BCUT2D eigenvalue weighted by Crippen LogP contribution is -2.01. The fraction of sp³-hybridized carbons (Fsp3) is 0.0667. The molecular weight excluding hydrogens is 292 g/mol. The zero-order valence-electron chi connectivity index (χ0n) is 10.9. The third-order valence-corrected chi connectivity index (χ3v) is 3.33. The van der Waals surface area contributed by atoms with Crippen molar-refractivity contribution in [2.45, 2.75) is 6.61 Å². The Labute approximate surface area is 125 Å². The van der Waals surface area contributed by atoms with Gasteiger partial charge in [0.05, 0.1) is 10.5 Å². The molecule has 21 heavy (non-hydrogen) atoms. The fourth-order valence-corrected chi connectivity index (χ4v) is 2.25. The van der Waals surface area contributed by atoms with Crippen LogP contribution in [0, 0.1) is 0 Å². The van der Waals surface area contributed by atoms with Crippen molar-refractivity contribution < 1.29 is 14.6 Å². The molecule has 0 amide bonds. The Balaban J connectivity index is 1.94. The van der Waals surface area contributed by atoms with E-state index in [1.54, 1.807) is 40.9 Å². The minimum Gasteiger partial charge on any atom is -0.484 e. The van der Waals surface area contributed by atoms with Gasteiger partial charge in [-0.15, -0.1) is 0 Å². The van der Waals surface area contributed by atoms with E-state index < -0.39 is 5.97 Å². The number of aromatic nitrogens is 2. The number of fused-ring (bicyclic) bond motifs is 1. The Bertz CT molecular complexity index is 814. The van der Waals surface area contributed by atoms with Crippen molar-refractivity contribution >= 4 is 23.1 Å². The summed E-state index contributed by atoms with van der Waals surface area (Å²) in [7, 11) is 0. The van der Waals surface area contributed by atoms with E-state index in [1.807, 2.05) is 12.1 Å². The van der Waals surface area contributed by atoms with Gasteiger partial charge in [-0.25, -0.2) is 9.78 Å². The van der Waals surface area contributed by atoms with Crippen molar-refractivity contribution in [2.75, 3.05) is 0 Å². The monoisotopic (exact) mass is 302 g/mol. The van der Waals surface area contributed by atoms with Crippen LogP contribution < -0.4 is 4.74 Å². The van der Waals surface area contributed by atoms with E-state index in [1.165, 1.54) is 0 Å². The van der Waals surface area contributed by atoms with E-state index >= 15 is 0 Å². The molecule has 3 rings (SSSR count). The van der Waals surface area contributed by atoms with Crippen LogP contribution >= 0.6 is 11.6 Å². The molecular formula is C15H11ClN2O3. The molecule has 5 nitrogen and oxygen atoms in total. The first-order chi connectivity index (χ1) is 10.2. The second-order valence-electron chi connectivity index (χ2n) is 4.36. The highest BCUT2D eigenvalue weighted by Gasteiger charge is 2.16. The Hall–Kier alpha value is -2.53. The van der Waals surface area contributed by atoms with Gasteiger partial charge in [-0.2, -0.15) is 0 Å². The highest BCUT2D eigenvalue weighted by Crippen LogP contribution is 2.24. The maximum atomic E-state index is 11.2. The van der Waals surface area contributed by atoms with E-state index in [-0.39, 0.29) is 12.3 Å². The molecule has 0 saturated carbocycles. The minimum absolute atomic E-state index is 0.00774. The zero-order chi connectivity index (χ0) is 14.8. The molecule has 0 aliphatic rings. The molecule has 0 fully saturated rings. The molecule has 2 heterocycles. The number of halogens is 1. The summed E-state index contributed by atoms with van der Waals surface area (Å²) >= 11 is 6.02. The maximum absolute atomic E-state index is 11.2. The number of aromatic carboxylic acids is 1. The predicted octanol–water partition coefficient (Wildman–Crippen LogP) is 3.26. The summed E-state index contributed by atoms with van der Waals surface area (Å²) < 4.78 is 7.31. The Morgan fingerprint density at radius 2 is 2.00 bits per heavy atom. The largest absolute Gasteiger partial charge is 0.484 e. The molecule has 6 heteroatoms. The summed E-state index contributed by atoms with van der Waals surface area (Å²) in [5, 5.41) is 9.68. The molecule has 0 unspecified atom stereocenters. The Morgan fingerprint density at radius 3 is 2.76 bits per heavy atom. The molecule has 0 spiro atoms. The average Bonchev–Trinajstić information content (AvgIpc) is 2.86. The SMILES string of the molecule is O=C(O)c1nc(COc2ccccc2Cl)n2ccccc12. The quantitative estimate of drug-likeness (QED) is 0.803. The minimum atomic E-state index is -1.07. The van der Waals surface area contributed by atoms with Crippen LogP contribution in [0.25, 0.3) is 5.52 Å². The molecule has 0 bridgehead atoms. The number of hydrogen-bond acceptors (Lipinski definition) is 3. The van der Waals surface area contributed by atoms with Crippen molar-refractivity contribution in [1.29, 1.82) is 0 Å². The van der Waals surface area contributed by atoms with Gasteiger partial charge in [0, 0.05) is 6.20 Å². The first-order valence-corrected chi connectivity index (χ1v) is 6.61. The van der Waals surface area contributed by atoms with E-state index in [9.17, 15) is 9.90 Å². The topological polar surface area (TPSA) is 63.8 Å². The van der Waals surface area contributed by atoms with Crippen LogP contribution in [-0.2, 0) is 6.61 Å². The van der Waals surface area contributed by atoms with Gasteiger partial charge in [0.25, 0.3) is 0 Å². The summed E-state index contributed by atoms with van der Waals surface area (Å²) in [6, 6.07) is 12.4. The van der Waals surface area contributed by atoms with Crippen LogP contribution in [0.1, 0.15) is 16.3 Å². The summed E-state index contributed by atoms with van der Waals surface area (Å²) in [5.74, 6) is -0.0330. The molecule has 0 radical (unpaired) electrons. The van der Waals surface area contributed by atoms with Gasteiger partial charge in [-0.05, 0) is 24.3 Å². The number of carboxylic acid groups (broad SMARTS) is 1. The standard InChI is InChI=1S/C15H11ClN2O3/c16-10-5-1-2-7-12(10)21-9-13-17-14(15(19)20)11-6-3-4-8-18(11)13/h1-8H,9H2,(H,19,20). The van der Waals surface area contributed by atoms with E-state index in [0.29, 0.717) is 22.1 Å². The molecule has 1 aromatic carbocycles. The molecule has 0 aliphatic carbocycles. The van der Waals surface area contributed by atoms with Crippen LogP contribution in [0.5, 0.6) is 5.75 Å². The van der Waals surface area contributed by atoms with Gasteiger partial charge in [0.1, 0.15) is 12.4 Å². The first kappa shape index (κ1) is 13.5. The predicted molar refractivity (Wildman–Crippen MR) is 77.9 cm³/mol. The van der Waals surface area contributed by atoms with Crippen LogP contribution in [0.15, 0.2) is 48.7 Å². The third kappa shape index (κ3) is 2.55. The number of carbonyl (C=O) groups is 1. The number of ether oxygens (including phenoxy) is 1. The third-order valence-electron chi connectivity index (χ3n) is 3.02. The number of para-hydroxylation sites is 1. The lowest BCUT2D eigenvalue weighted by molar-refractivity contribution is 0.0693. The van der Waals surface area contributed by atoms with E-state index in [4.69, 9.17) is 16.3 Å². The average molecular weight is 303 g/mol. The van der Waals surface area contributed by atoms with Crippen LogP contribution in [0.3, 0.4) is 0 Å². The van der Waals surface area contributed by atoms with E-state index in [0.717, 1.165) is 0 Å². The van der Waals surface area contributed by atoms with Crippen molar-refractivity contribution in [2.24, 2.45) is 0 Å². The maximum Gasteiger partial charge on any atom is 0.356 e. The lowest BCUT2D eigenvalue weighted by atomic mass is 10.3. The van der Waals surface area contributed by atoms with Gasteiger partial charge in [-0.3, -0.25) is 4.40 Å². The molecule has 1 N–H and O–H groups in total. The van der Waals surface area contributed by atoms with Crippen LogP contribution in [0.2, 0.25) is 5.02 Å². The number of carboxylic acids is 1. The van der Waals surface area contributed by atoms with Gasteiger partial charge in [-0.1, -0.05) is 29.8 Å². The van der Waals surface area contributed by atoms with Crippen molar-refractivity contribution in [3.05, 3.63) is 65.2 Å². The molecule has 3 aromatic rings. The van der Waals surface area contributed by atoms with Gasteiger partial charge < -0.3 is 9.84 Å². The summed E-state index contributed by atoms with van der Waals surface area (Å²) in [6.07, 6.45) is 1.75. The smallest absolute Gasteiger partial charge is 0.356 e. The number of hydrogen-bond donors (Lipinski definition) is 1. The normalized spacial score (nSPS) is 10.7. The molecule has 0 aliphatic heterocycles. The van der Waals surface area contributed by atoms with Gasteiger partial charge in [0.15, 0.2) is 11.5 Å². The zero-order valence-corrected chi connectivity index (χ0v) is 11.6. The molecule has 0 atom stereocenters. The van der Waals surface area contributed by atoms with Crippen molar-refractivity contribution in [3.8, 4) is 5.75 Å². The van der Waals surface area contributed by atoms with Crippen molar-refractivity contribution in [1.82, 2.24) is 9.38 Å². The molecule has 106 valence electrons. The van der Waals surface area contributed by atoms with E-state index in [2.05, 4.69) is 4.98 Å². The summed E-state index contributed by atoms with van der Waals surface area (Å²) in [5.41, 5.74) is 0.538. The molecule has 0 saturated heterocycles. The number of imidazole rings is 1. The molecule has 2 aromatic heterocycles. The summed E-state index contributed by atoms with van der Waals surface area (Å²) in [4.78, 5) is 15.3. The van der Waals surface area contributed by atoms with Crippen molar-refractivity contribution in [3.63, 3.8) is 0 Å².